The maximum Gasteiger partial charge on any atom is 0.410 e. The number of carbonyl (C=O) groups excluding carboxylic acids is 1. The maximum absolute atomic E-state index is 12.3. The quantitative estimate of drug-likeness (QED) is 0.760. The number of benzene rings is 1. The lowest BCUT2D eigenvalue weighted by Gasteiger charge is -2.26. The number of hydrogen-bond acceptors (Lipinski definition) is 6. The molecule has 7 heteroatoms. The van der Waals surface area contributed by atoms with E-state index < -0.39 is 5.60 Å². The van der Waals surface area contributed by atoms with Gasteiger partial charge in [-0.15, -0.1) is 0 Å². The average molecular weight is 420 g/mol. The van der Waals surface area contributed by atoms with Gasteiger partial charge < -0.3 is 24.4 Å². The zero-order valence-corrected chi connectivity index (χ0v) is 18.7. The van der Waals surface area contributed by atoms with Crippen LogP contribution in [0, 0.1) is 0 Å². The number of carbonyl (C=O) groups is 1. The van der Waals surface area contributed by atoms with Crippen molar-refractivity contribution in [1.82, 2.24) is 9.80 Å². The SMILES string of the molecule is CC(C)(C)OC(=O)N1CCCC(Nc2ccc(OCCN3CCOCC3)cc2)CC1. The minimum atomic E-state index is -0.451. The Morgan fingerprint density at radius 3 is 2.53 bits per heavy atom. The van der Waals surface area contributed by atoms with Gasteiger partial charge >= 0.3 is 6.09 Å². The smallest absolute Gasteiger partial charge is 0.410 e. The van der Waals surface area contributed by atoms with Crippen molar-refractivity contribution in [2.75, 3.05) is 57.9 Å². The van der Waals surface area contributed by atoms with Crippen LogP contribution >= 0.6 is 0 Å². The van der Waals surface area contributed by atoms with Crippen molar-refractivity contribution in [3.05, 3.63) is 24.3 Å². The molecule has 1 unspecified atom stereocenters. The van der Waals surface area contributed by atoms with Crippen LogP contribution in [0.2, 0.25) is 0 Å². The van der Waals surface area contributed by atoms with Crippen LogP contribution in [0.25, 0.3) is 0 Å². The van der Waals surface area contributed by atoms with Gasteiger partial charge in [0, 0.05) is 44.5 Å². The van der Waals surface area contributed by atoms with Crippen molar-refractivity contribution in [2.24, 2.45) is 0 Å². The minimum absolute atomic E-state index is 0.207. The number of nitrogens with zero attached hydrogens (tertiary/aromatic N) is 2. The lowest BCUT2D eigenvalue weighted by atomic mass is 10.1. The van der Waals surface area contributed by atoms with Gasteiger partial charge in [0.25, 0.3) is 0 Å². The summed E-state index contributed by atoms with van der Waals surface area (Å²) in [4.78, 5) is 16.5. The van der Waals surface area contributed by atoms with Crippen LogP contribution in [-0.4, -0.2) is 80.1 Å². The number of anilines is 1. The van der Waals surface area contributed by atoms with Crippen molar-refractivity contribution in [2.45, 2.75) is 51.7 Å². The Hall–Kier alpha value is -1.99. The van der Waals surface area contributed by atoms with Crippen LogP contribution in [-0.2, 0) is 9.47 Å². The number of nitrogens with one attached hydrogen (secondary N) is 1. The van der Waals surface area contributed by atoms with Crippen molar-refractivity contribution in [3.63, 3.8) is 0 Å². The third-order valence-corrected chi connectivity index (χ3v) is 5.38. The van der Waals surface area contributed by atoms with E-state index in [9.17, 15) is 4.79 Å². The Balaban J connectivity index is 1.40. The Kier molecular flexibility index (Phi) is 8.22. The van der Waals surface area contributed by atoms with Crippen molar-refractivity contribution in [1.29, 1.82) is 0 Å². The van der Waals surface area contributed by atoms with E-state index in [1.165, 1.54) is 0 Å². The molecule has 1 aromatic rings. The van der Waals surface area contributed by atoms with E-state index >= 15 is 0 Å². The fourth-order valence-electron chi connectivity index (χ4n) is 3.75. The zero-order chi connectivity index (χ0) is 21.4. The number of morpholine rings is 1. The molecule has 1 aromatic carbocycles. The number of likely N-dealkylation sites (tertiary alicyclic amines) is 1. The van der Waals surface area contributed by atoms with Gasteiger partial charge in [0.1, 0.15) is 18.0 Å². The molecule has 7 nitrogen and oxygen atoms in total. The standard InChI is InChI=1S/C23H37N3O4/c1-23(2,3)30-22(27)26-11-4-5-19(10-12-26)24-20-6-8-21(9-7-20)29-18-15-25-13-16-28-17-14-25/h6-9,19,24H,4-5,10-18H2,1-3H3. The van der Waals surface area contributed by atoms with Crippen LogP contribution in [0.4, 0.5) is 10.5 Å². The van der Waals surface area contributed by atoms with Crippen LogP contribution in [0.15, 0.2) is 24.3 Å². The third kappa shape index (κ3) is 7.69. The third-order valence-electron chi connectivity index (χ3n) is 5.38. The molecule has 0 saturated carbocycles. The van der Waals surface area contributed by atoms with E-state index in [-0.39, 0.29) is 6.09 Å². The normalized spacial score (nSPS) is 21.0. The van der Waals surface area contributed by atoms with Crippen LogP contribution in [0.3, 0.4) is 0 Å². The van der Waals surface area contributed by atoms with Gasteiger partial charge in [-0.1, -0.05) is 0 Å². The Morgan fingerprint density at radius 1 is 1.10 bits per heavy atom. The lowest BCUT2D eigenvalue weighted by molar-refractivity contribution is 0.0256. The monoisotopic (exact) mass is 419 g/mol. The highest BCUT2D eigenvalue weighted by Gasteiger charge is 2.25. The summed E-state index contributed by atoms with van der Waals surface area (Å²) in [6.45, 7) is 12.4. The van der Waals surface area contributed by atoms with Gasteiger partial charge in [0.05, 0.1) is 13.2 Å². The van der Waals surface area contributed by atoms with Gasteiger partial charge in [-0.25, -0.2) is 4.79 Å². The molecule has 30 heavy (non-hydrogen) atoms. The fourth-order valence-corrected chi connectivity index (χ4v) is 3.75. The van der Waals surface area contributed by atoms with E-state index in [2.05, 4.69) is 22.3 Å². The Bertz CT molecular complexity index is 653. The van der Waals surface area contributed by atoms with E-state index in [4.69, 9.17) is 14.2 Å². The maximum atomic E-state index is 12.3. The van der Waals surface area contributed by atoms with Crippen molar-refractivity contribution >= 4 is 11.8 Å². The fraction of sp³-hybridized carbons (Fsp3) is 0.696. The number of hydrogen-bond donors (Lipinski definition) is 1. The summed E-state index contributed by atoms with van der Waals surface area (Å²) in [7, 11) is 0. The van der Waals surface area contributed by atoms with E-state index in [1.807, 2.05) is 37.8 Å². The molecule has 2 heterocycles. The molecule has 0 aromatic heterocycles. The molecule has 1 atom stereocenters. The number of ether oxygens (including phenoxy) is 3. The highest BCUT2D eigenvalue weighted by atomic mass is 16.6. The molecule has 2 aliphatic heterocycles. The molecule has 3 rings (SSSR count). The molecule has 0 aliphatic carbocycles. The molecule has 168 valence electrons. The van der Waals surface area contributed by atoms with Gasteiger partial charge in [-0.2, -0.15) is 0 Å². The molecule has 1 amide bonds. The first-order chi connectivity index (χ1) is 14.4. The second-order valence-corrected chi connectivity index (χ2v) is 9.07. The highest BCUT2D eigenvalue weighted by molar-refractivity contribution is 5.68. The second kappa shape index (κ2) is 10.9. The van der Waals surface area contributed by atoms with Crippen molar-refractivity contribution in [3.8, 4) is 5.75 Å². The van der Waals surface area contributed by atoms with E-state index in [1.54, 1.807) is 0 Å². The molecule has 1 N–H and O–H groups in total. The van der Waals surface area contributed by atoms with Crippen molar-refractivity contribution < 1.29 is 19.0 Å². The zero-order valence-electron chi connectivity index (χ0n) is 18.7. The van der Waals surface area contributed by atoms with E-state index in [0.717, 1.165) is 76.6 Å². The second-order valence-electron chi connectivity index (χ2n) is 9.07. The predicted octanol–water partition coefficient (Wildman–Crippen LogP) is 3.60. The topological polar surface area (TPSA) is 63.3 Å². The van der Waals surface area contributed by atoms with E-state index in [0.29, 0.717) is 12.6 Å². The molecule has 0 radical (unpaired) electrons. The lowest BCUT2D eigenvalue weighted by Crippen LogP contribution is -2.38. The van der Waals surface area contributed by atoms with Gasteiger partial charge in [-0.05, 0) is 64.3 Å². The Labute approximate surface area is 180 Å². The van der Waals surface area contributed by atoms with Gasteiger partial charge in [0.2, 0.25) is 0 Å². The molecule has 2 saturated heterocycles. The van der Waals surface area contributed by atoms with Crippen LogP contribution in [0.1, 0.15) is 40.0 Å². The summed E-state index contributed by atoms with van der Waals surface area (Å²) in [5.41, 5.74) is 0.638. The van der Waals surface area contributed by atoms with Gasteiger partial charge in [-0.3, -0.25) is 4.90 Å². The largest absolute Gasteiger partial charge is 0.492 e. The minimum Gasteiger partial charge on any atom is -0.492 e. The summed E-state index contributed by atoms with van der Waals surface area (Å²) >= 11 is 0. The first kappa shape index (κ1) is 22.7. The number of amides is 1. The molecule has 0 bridgehead atoms. The predicted molar refractivity (Wildman–Crippen MR) is 118 cm³/mol. The summed E-state index contributed by atoms with van der Waals surface area (Å²) in [5.74, 6) is 0.894. The van der Waals surface area contributed by atoms with Crippen LogP contribution in [0.5, 0.6) is 5.75 Å². The van der Waals surface area contributed by atoms with Gasteiger partial charge in [0.15, 0.2) is 0 Å². The van der Waals surface area contributed by atoms with Crippen LogP contribution < -0.4 is 10.1 Å². The average Bonchev–Trinajstić information content (AvgIpc) is 2.95. The highest BCUT2D eigenvalue weighted by Crippen LogP contribution is 2.21. The molecule has 2 fully saturated rings. The Morgan fingerprint density at radius 2 is 1.83 bits per heavy atom. The number of rotatable bonds is 6. The molecular weight excluding hydrogens is 382 g/mol. The summed E-state index contributed by atoms with van der Waals surface area (Å²) in [6, 6.07) is 8.53. The summed E-state index contributed by atoms with van der Waals surface area (Å²) in [6.07, 6.45) is 2.72. The molecular formula is C23H37N3O4. The first-order valence-electron chi connectivity index (χ1n) is 11.2. The summed E-state index contributed by atoms with van der Waals surface area (Å²) in [5, 5.41) is 3.61. The molecule has 2 aliphatic rings. The summed E-state index contributed by atoms with van der Waals surface area (Å²) < 4.78 is 16.8. The molecule has 0 spiro atoms. The first-order valence-corrected chi connectivity index (χ1v) is 11.2.